The molecule has 90 valence electrons. The van der Waals surface area contributed by atoms with Crippen LogP contribution in [0.3, 0.4) is 0 Å². The first-order valence-electron chi connectivity index (χ1n) is 5.50. The maximum atomic E-state index is 13.3. The molecular formula is C12H18F2N2. The van der Waals surface area contributed by atoms with Gasteiger partial charge in [-0.3, -0.25) is 0 Å². The maximum Gasteiger partial charge on any atom is 0.149 e. The third-order valence-corrected chi connectivity index (χ3v) is 2.58. The van der Waals surface area contributed by atoms with Gasteiger partial charge in [0.1, 0.15) is 11.6 Å². The molecule has 0 aromatic heterocycles. The van der Waals surface area contributed by atoms with Gasteiger partial charge in [-0.25, -0.2) is 8.78 Å². The topological polar surface area (TPSA) is 24.1 Å². The lowest BCUT2D eigenvalue weighted by Crippen LogP contribution is -2.25. The molecule has 0 bridgehead atoms. The van der Waals surface area contributed by atoms with Crippen molar-refractivity contribution in [2.75, 3.05) is 25.5 Å². The standard InChI is InChI=1S/C12H18F2N2/c1-3-9(7-15-2)8-16-12-5-4-10(13)6-11(12)14/h4-6,9,15-16H,3,7-8H2,1-2H3. The van der Waals surface area contributed by atoms with Crippen LogP contribution < -0.4 is 10.6 Å². The average Bonchev–Trinajstić information content (AvgIpc) is 2.26. The Labute approximate surface area is 95.1 Å². The van der Waals surface area contributed by atoms with Crippen molar-refractivity contribution in [2.45, 2.75) is 13.3 Å². The maximum absolute atomic E-state index is 13.3. The quantitative estimate of drug-likeness (QED) is 0.782. The highest BCUT2D eigenvalue weighted by Gasteiger charge is 2.07. The van der Waals surface area contributed by atoms with Crippen molar-refractivity contribution in [1.29, 1.82) is 0 Å². The van der Waals surface area contributed by atoms with Crippen LogP contribution in [0.25, 0.3) is 0 Å². The third kappa shape index (κ3) is 3.77. The van der Waals surface area contributed by atoms with E-state index >= 15 is 0 Å². The lowest BCUT2D eigenvalue weighted by atomic mass is 10.1. The summed E-state index contributed by atoms with van der Waals surface area (Å²) in [5.41, 5.74) is 0.357. The van der Waals surface area contributed by atoms with Crippen molar-refractivity contribution in [2.24, 2.45) is 5.92 Å². The Morgan fingerprint density at radius 2 is 2.00 bits per heavy atom. The van der Waals surface area contributed by atoms with Crippen molar-refractivity contribution in [1.82, 2.24) is 5.32 Å². The van der Waals surface area contributed by atoms with Crippen LogP contribution in [0.1, 0.15) is 13.3 Å². The van der Waals surface area contributed by atoms with E-state index in [2.05, 4.69) is 17.6 Å². The second-order valence-electron chi connectivity index (χ2n) is 3.84. The van der Waals surface area contributed by atoms with Gasteiger partial charge in [0.2, 0.25) is 0 Å². The predicted molar refractivity (Wildman–Crippen MR) is 62.6 cm³/mol. The van der Waals surface area contributed by atoms with Crippen molar-refractivity contribution in [3.8, 4) is 0 Å². The van der Waals surface area contributed by atoms with E-state index in [0.29, 0.717) is 18.2 Å². The van der Waals surface area contributed by atoms with Crippen LogP contribution in [0.2, 0.25) is 0 Å². The molecule has 0 radical (unpaired) electrons. The van der Waals surface area contributed by atoms with Crippen molar-refractivity contribution in [3.63, 3.8) is 0 Å². The van der Waals surface area contributed by atoms with E-state index in [0.717, 1.165) is 19.0 Å². The van der Waals surface area contributed by atoms with Crippen LogP contribution >= 0.6 is 0 Å². The normalized spacial score (nSPS) is 12.5. The minimum Gasteiger partial charge on any atom is -0.382 e. The number of hydrogen-bond acceptors (Lipinski definition) is 2. The first-order chi connectivity index (χ1) is 7.67. The Kier molecular flexibility index (Phi) is 5.19. The number of benzene rings is 1. The highest BCUT2D eigenvalue weighted by molar-refractivity contribution is 5.44. The molecule has 2 N–H and O–H groups in total. The minimum atomic E-state index is -0.551. The lowest BCUT2D eigenvalue weighted by Gasteiger charge is -2.16. The molecule has 0 saturated carbocycles. The van der Waals surface area contributed by atoms with Gasteiger partial charge in [-0.2, -0.15) is 0 Å². The van der Waals surface area contributed by atoms with Gasteiger partial charge >= 0.3 is 0 Å². The second kappa shape index (κ2) is 6.43. The van der Waals surface area contributed by atoms with Gasteiger partial charge in [0, 0.05) is 12.6 Å². The number of hydrogen-bond donors (Lipinski definition) is 2. The monoisotopic (exact) mass is 228 g/mol. The van der Waals surface area contributed by atoms with Crippen molar-refractivity contribution < 1.29 is 8.78 Å². The SMILES string of the molecule is CCC(CNC)CNc1ccc(F)cc1F. The van der Waals surface area contributed by atoms with Crippen LogP contribution in [0.4, 0.5) is 14.5 Å². The summed E-state index contributed by atoms with van der Waals surface area (Å²) in [7, 11) is 1.89. The summed E-state index contributed by atoms with van der Waals surface area (Å²) in [5.74, 6) is -0.654. The molecule has 1 unspecified atom stereocenters. The van der Waals surface area contributed by atoms with E-state index in [-0.39, 0.29) is 0 Å². The van der Waals surface area contributed by atoms with Crippen LogP contribution in [-0.2, 0) is 0 Å². The number of nitrogens with one attached hydrogen (secondary N) is 2. The van der Waals surface area contributed by atoms with E-state index in [9.17, 15) is 8.78 Å². The molecule has 0 spiro atoms. The molecular weight excluding hydrogens is 210 g/mol. The third-order valence-electron chi connectivity index (χ3n) is 2.58. The number of anilines is 1. The Bertz CT molecular complexity index is 329. The summed E-state index contributed by atoms with van der Waals surface area (Å²) in [6, 6.07) is 3.57. The van der Waals surface area contributed by atoms with Gasteiger partial charge in [0.25, 0.3) is 0 Å². The van der Waals surface area contributed by atoms with Crippen LogP contribution in [0.15, 0.2) is 18.2 Å². The molecule has 0 aliphatic heterocycles. The lowest BCUT2D eigenvalue weighted by molar-refractivity contribution is 0.504. The van der Waals surface area contributed by atoms with E-state index in [4.69, 9.17) is 0 Å². The molecule has 0 amide bonds. The van der Waals surface area contributed by atoms with E-state index in [1.807, 2.05) is 7.05 Å². The molecule has 1 rings (SSSR count). The van der Waals surface area contributed by atoms with Gasteiger partial charge in [0.05, 0.1) is 5.69 Å². The highest BCUT2D eigenvalue weighted by atomic mass is 19.1. The second-order valence-corrected chi connectivity index (χ2v) is 3.84. The van der Waals surface area contributed by atoms with Gasteiger partial charge in [-0.15, -0.1) is 0 Å². The Morgan fingerprint density at radius 1 is 1.25 bits per heavy atom. The molecule has 2 nitrogen and oxygen atoms in total. The average molecular weight is 228 g/mol. The van der Waals surface area contributed by atoms with Gasteiger partial charge in [-0.05, 0) is 31.6 Å². The van der Waals surface area contributed by atoms with Crippen LogP contribution in [0.5, 0.6) is 0 Å². The molecule has 16 heavy (non-hydrogen) atoms. The molecule has 1 aromatic rings. The Hall–Kier alpha value is -1.16. The number of rotatable bonds is 6. The zero-order valence-corrected chi connectivity index (χ0v) is 9.69. The van der Waals surface area contributed by atoms with E-state index in [1.54, 1.807) is 0 Å². The van der Waals surface area contributed by atoms with Crippen LogP contribution in [0, 0.1) is 17.6 Å². The molecule has 0 heterocycles. The fraction of sp³-hybridized carbons (Fsp3) is 0.500. The number of halogens is 2. The largest absolute Gasteiger partial charge is 0.382 e. The molecule has 0 fully saturated rings. The minimum absolute atomic E-state index is 0.357. The molecule has 0 aliphatic carbocycles. The summed E-state index contributed by atoms with van der Waals surface area (Å²) in [6.07, 6.45) is 1.01. The Morgan fingerprint density at radius 3 is 2.56 bits per heavy atom. The van der Waals surface area contributed by atoms with E-state index < -0.39 is 11.6 Å². The molecule has 0 saturated heterocycles. The summed E-state index contributed by atoms with van der Waals surface area (Å²) in [4.78, 5) is 0. The highest BCUT2D eigenvalue weighted by Crippen LogP contribution is 2.15. The first kappa shape index (κ1) is 12.9. The fourth-order valence-corrected chi connectivity index (χ4v) is 1.54. The van der Waals surface area contributed by atoms with Crippen molar-refractivity contribution >= 4 is 5.69 Å². The smallest absolute Gasteiger partial charge is 0.149 e. The molecule has 1 atom stereocenters. The summed E-state index contributed by atoms with van der Waals surface area (Å²) in [5, 5.41) is 6.08. The fourth-order valence-electron chi connectivity index (χ4n) is 1.54. The Balaban J connectivity index is 2.53. The van der Waals surface area contributed by atoms with Crippen LogP contribution in [-0.4, -0.2) is 20.1 Å². The van der Waals surface area contributed by atoms with Crippen molar-refractivity contribution in [3.05, 3.63) is 29.8 Å². The van der Waals surface area contributed by atoms with Gasteiger partial charge < -0.3 is 10.6 Å². The molecule has 4 heteroatoms. The zero-order chi connectivity index (χ0) is 12.0. The summed E-state index contributed by atoms with van der Waals surface area (Å²) < 4.78 is 25.9. The predicted octanol–water partition coefficient (Wildman–Crippen LogP) is 2.62. The summed E-state index contributed by atoms with van der Waals surface area (Å²) >= 11 is 0. The molecule has 0 aliphatic rings. The first-order valence-corrected chi connectivity index (χ1v) is 5.50. The molecule has 1 aromatic carbocycles. The van der Waals surface area contributed by atoms with Gasteiger partial charge in [0.15, 0.2) is 0 Å². The zero-order valence-electron chi connectivity index (χ0n) is 9.69. The summed E-state index contributed by atoms with van der Waals surface area (Å²) in [6.45, 7) is 3.65. The van der Waals surface area contributed by atoms with Gasteiger partial charge in [-0.1, -0.05) is 13.3 Å². The van der Waals surface area contributed by atoms with E-state index in [1.165, 1.54) is 12.1 Å².